The number of ether oxygens (including phenoxy) is 1. The molecule has 0 aliphatic heterocycles. The predicted octanol–water partition coefficient (Wildman–Crippen LogP) is 3.03. The van der Waals surface area contributed by atoms with Gasteiger partial charge in [0.1, 0.15) is 0 Å². The highest BCUT2D eigenvalue weighted by atomic mass is 79.9. The van der Waals surface area contributed by atoms with Gasteiger partial charge < -0.3 is 15.0 Å². The Balaban J connectivity index is 2.61. The first kappa shape index (κ1) is 15.5. The summed E-state index contributed by atoms with van der Waals surface area (Å²) in [6.45, 7) is 8.91. The number of nitrogens with zero attached hydrogens (tertiary/aromatic N) is 1. The van der Waals surface area contributed by atoms with Crippen LogP contribution in [0.5, 0.6) is 0 Å². The minimum Gasteiger partial charge on any atom is -0.383 e. The molecule has 1 N–H and O–H groups in total. The van der Waals surface area contributed by atoms with Crippen LogP contribution >= 0.6 is 15.9 Å². The Labute approximate surface area is 119 Å². The van der Waals surface area contributed by atoms with Crippen molar-refractivity contribution < 1.29 is 4.74 Å². The van der Waals surface area contributed by atoms with Crippen LogP contribution in [0.2, 0.25) is 0 Å². The Bertz CT molecular complexity index is 354. The fourth-order valence-corrected chi connectivity index (χ4v) is 2.37. The van der Waals surface area contributed by atoms with Crippen LogP contribution in [-0.2, 0) is 11.3 Å². The summed E-state index contributed by atoms with van der Waals surface area (Å²) in [7, 11) is 1.72. The van der Waals surface area contributed by atoms with Gasteiger partial charge in [0.25, 0.3) is 0 Å². The van der Waals surface area contributed by atoms with Crippen LogP contribution < -0.4 is 10.2 Å². The third kappa shape index (κ3) is 4.59. The van der Waals surface area contributed by atoms with E-state index in [0.29, 0.717) is 0 Å². The highest BCUT2D eigenvalue weighted by molar-refractivity contribution is 9.10. The minimum absolute atomic E-state index is 0.745. The SMILES string of the molecule is CCN(CC)c1ccc(CNCCOC)c(Br)c1. The maximum absolute atomic E-state index is 5.01. The quantitative estimate of drug-likeness (QED) is 0.746. The van der Waals surface area contributed by atoms with Crippen LogP contribution in [0.3, 0.4) is 0 Å². The predicted molar refractivity (Wildman–Crippen MR) is 81.3 cm³/mol. The lowest BCUT2D eigenvalue weighted by Gasteiger charge is -2.22. The summed E-state index contributed by atoms with van der Waals surface area (Å²) in [6, 6.07) is 6.56. The standard InChI is InChI=1S/C14H23BrN2O/c1-4-17(5-2)13-7-6-12(14(15)10-13)11-16-8-9-18-3/h6-7,10,16H,4-5,8-9,11H2,1-3H3. The molecule has 3 nitrogen and oxygen atoms in total. The molecule has 1 aromatic carbocycles. The summed E-state index contributed by atoms with van der Waals surface area (Å²) < 4.78 is 6.17. The van der Waals surface area contributed by atoms with E-state index in [1.807, 2.05) is 0 Å². The maximum atomic E-state index is 5.01. The smallest absolute Gasteiger partial charge is 0.0587 e. The molecule has 0 radical (unpaired) electrons. The van der Waals surface area contributed by atoms with Gasteiger partial charge in [-0.2, -0.15) is 0 Å². The van der Waals surface area contributed by atoms with E-state index >= 15 is 0 Å². The molecule has 4 heteroatoms. The molecule has 0 bridgehead atoms. The normalized spacial score (nSPS) is 10.7. The molecule has 0 saturated carbocycles. The first-order chi connectivity index (χ1) is 8.72. The molecule has 0 aromatic heterocycles. The van der Waals surface area contributed by atoms with Gasteiger partial charge in [-0.1, -0.05) is 22.0 Å². The van der Waals surface area contributed by atoms with Crippen molar-refractivity contribution in [1.82, 2.24) is 5.32 Å². The second-order valence-corrected chi connectivity index (χ2v) is 4.97. The van der Waals surface area contributed by atoms with E-state index in [1.165, 1.54) is 11.3 Å². The first-order valence-electron chi connectivity index (χ1n) is 6.45. The minimum atomic E-state index is 0.745. The zero-order valence-electron chi connectivity index (χ0n) is 11.5. The fourth-order valence-electron chi connectivity index (χ4n) is 1.86. The molecule has 1 rings (SSSR count). The van der Waals surface area contributed by atoms with Gasteiger partial charge in [-0.3, -0.25) is 0 Å². The average molecular weight is 315 g/mol. The molecular weight excluding hydrogens is 292 g/mol. The van der Waals surface area contributed by atoms with Crippen molar-refractivity contribution in [2.75, 3.05) is 38.3 Å². The topological polar surface area (TPSA) is 24.5 Å². The molecule has 0 unspecified atom stereocenters. The van der Waals surface area contributed by atoms with E-state index < -0.39 is 0 Å². The van der Waals surface area contributed by atoms with Crippen molar-refractivity contribution in [3.05, 3.63) is 28.2 Å². The van der Waals surface area contributed by atoms with Gasteiger partial charge >= 0.3 is 0 Å². The highest BCUT2D eigenvalue weighted by Gasteiger charge is 2.05. The molecule has 0 fully saturated rings. The number of anilines is 1. The fraction of sp³-hybridized carbons (Fsp3) is 0.571. The Morgan fingerprint density at radius 3 is 2.56 bits per heavy atom. The van der Waals surface area contributed by atoms with E-state index in [1.54, 1.807) is 7.11 Å². The number of rotatable bonds is 8. The van der Waals surface area contributed by atoms with Gasteiger partial charge in [-0.05, 0) is 31.5 Å². The Kier molecular flexibility index (Phi) is 7.32. The van der Waals surface area contributed by atoms with E-state index in [-0.39, 0.29) is 0 Å². The summed E-state index contributed by atoms with van der Waals surface area (Å²) in [4.78, 5) is 2.34. The number of hydrogen-bond donors (Lipinski definition) is 1. The van der Waals surface area contributed by atoms with Crippen LogP contribution in [-0.4, -0.2) is 33.4 Å². The van der Waals surface area contributed by atoms with Crippen LogP contribution in [0.1, 0.15) is 19.4 Å². The van der Waals surface area contributed by atoms with Crippen LogP contribution in [0, 0.1) is 0 Å². The molecule has 0 aliphatic rings. The number of methoxy groups -OCH3 is 1. The lowest BCUT2D eigenvalue weighted by Crippen LogP contribution is -2.22. The monoisotopic (exact) mass is 314 g/mol. The van der Waals surface area contributed by atoms with Crippen molar-refractivity contribution in [2.24, 2.45) is 0 Å². The summed E-state index contributed by atoms with van der Waals surface area (Å²) in [6.07, 6.45) is 0. The maximum Gasteiger partial charge on any atom is 0.0587 e. The molecule has 0 amide bonds. The molecule has 102 valence electrons. The first-order valence-corrected chi connectivity index (χ1v) is 7.25. The second kappa shape index (κ2) is 8.51. The van der Waals surface area contributed by atoms with Crippen LogP contribution in [0.25, 0.3) is 0 Å². The van der Waals surface area contributed by atoms with Crippen molar-refractivity contribution in [3.63, 3.8) is 0 Å². The highest BCUT2D eigenvalue weighted by Crippen LogP contribution is 2.24. The van der Waals surface area contributed by atoms with E-state index in [9.17, 15) is 0 Å². The summed E-state index contributed by atoms with van der Waals surface area (Å²) in [5.41, 5.74) is 2.55. The van der Waals surface area contributed by atoms with E-state index in [2.05, 4.69) is 58.2 Å². The van der Waals surface area contributed by atoms with Crippen molar-refractivity contribution in [3.8, 4) is 0 Å². The van der Waals surface area contributed by atoms with Gasteiger partial charge in [0, 0.05) is 43.4 Å². The summed E-state index contributed by atoms with van der Waals surface area (Å²) in [5, 5.41) is 3.35. The summed E-state index contributed by atoms with van der Waals surface area (Å²) in [5.74, 6) is 0. The molecule has 0 aliphatic carbocycles. The Morgan fingerprint density at radius 2 is 2.00 bits per heavy atom. The molecule has 0 heterocycles. The number of hydrogen-bond acceptors (Lipinski definition) is 3. The van der Waals surface area contributed by atoms with Gasteiger partial charge in [0.15, 0.2) is 0 Å². The lowest BCUT2D eigenvalue weighted by molar-refractivity contribution is 0.199. The number of benzene rings is 1. The molecule has 0 saturated heterocycles. The van der Waals surface area contributed by atoms with Crippen molar-refractivity contribution in [2.45, 2.75) is 20.4 Å². The Morgan fingerprint density at radius 1 is 1.28 bits per heavy atom. The van der Waals surface area contributed by atoms with Crippen molar-refractivity contribution >= 4 is 21.6 Å². The average Bonchev–Trinajstić information content (AvgIpc) is 2.38. The van der Waals surface area contributed by atoms with Crippen LogP contribution in [0.15, 0.2) is 22.7 Å². The van der Waals surface area contributed by atoms with Gasteiger partial charge in [-0.15, -0.1) is 0 Å². The Hall–Kier alpha value is -0.580. The molecule has 1 aromatic rings. The van der Waals surface area contributed by atoms with E-state index in [0.717, 1.165) is 37.3 Å². The van der Waals surface area contributed by atoms with Gasteiger partial charge in [0.2, 0.25) is 0 Å². The van der Waals surface area contributed by atoms with Gasteiger partial charge in [-0.25, -0.2) is 0 Å². The summed E-state index contributed by atoms with van der Waals surface area (Å²) >= 11 is 3.65. The molecule has 0 spiro atoms. The van der Waals surface area contributed by atoms with Gasteiger partial charge in [0.05, 0.1) is 6.61 Å². The van der Waals surface area contributed by atoms with Crippen molar-refractivity contribution in [1.29, 1.82) is 0 Å². The third-order valence-corrected chi connectivity index (χ3v) is 3.70. The zero-order valence-corrected chi connectivity index (χ0v) is 13.1. The largest absolute Gasteiger partial charge is 0.383 e. The number of nitrogens with one attached hydrogen (secondary N) is 1. The third-order valence-electron chi connectivity index (χ3n) is 2.96. The molecule has 18 heavy (non-hydrogen) atoms. The lowest BCUT2D eigenvalue weighted by atomic mass is 10.2. The molecule has 0 atom stereocenters. The second-order valence-electron chi connectivity index (χ2n) is 4.12. The number of halogens is 1. The van der Waals surface area contributed by atoms with Crippen LogP contribution in [0.4, 0.5) is 5.69 Å². The molecular formula is C14H23BrN2O. The zero-order chi connectivity index (χ0) is 13.4. The van der Waals surface area contributed by atoms with E-state index in [4.69, 9.17) is 4.74 Å².